The molecule has 0 fully saturated rings. The Hall–Kier alpha value is -1.52. The minimum Gasteiger partial charge on any atom is -0.309 e. The highest BCUT2D eigenvalue weighted by atomic mass is 35.5. The maximum atomic E-state index is 12.8. The van der Waals surface area contributed by atoms with Crippen LogP contribution in [-0.2, 0) is 6.18 Å². The molecule has 2 aromatic rings. The third-order valence-electron chi connectivity index (χ3n) is 3.39. The second-order valence-corrected chi connectivity index (χ2v) is 5.28. The van der Waals surface area contributed by atoms with E-state index in [0.717, 1.165) is 17.2 Å². The zero-order chi connectivity index (χ0) is 15.6. The third kappa shape index (κ3) is 3.57. The number of aryl methyl sites for hydroxylation is 1. The number of halogens is 4. The fourth-order valence-electron chi connectivity index (χ4n) is 2.32. The molecular formula is C16H15ClF3N. The van der Waals surface area contributed by atoms with Crippen molar-refractivity contribution in [2.75, 3.05) is 7.05 Å². The van der Waals surface area contributed by atoms with Gasteiger partial charge in [0.15, 0.2) is 0 Å². The van der Waals surface area contributed by atoms with Gasteiger partial charge in [0.25, 0.3) is 0 Å². The van der Waals surface area contributed by atoms with Gasteiger partial charge in [-0.05, 0) is 54.9 Å². The molecule has 1 N–H and O–H groups in total. The van der Waals surface area contributed by atoms with Crippen molar-refractivity contribution in [2.45, 2.75) is 19.1 Å². The molecule has 112 valence electrons. The van der Waals surface area contributed by atoms with Gasteiger partial charge in [0, 0.05) is 5.02 Å². The molecule has 1 nitrogen and oxygen atoms in total. The van der Waals surface area contributed by atoms with Crippen LogP contribution in [0.2, 0.25) is 5.02 Å². The van der Waals surface area contributed by atoms with Gasteiger partial charge in [-0.1, -0.05) is 29.8 Å². The van der Waals surface area contributed by atoms with Gasteiger partial charge in [-0.3, -0.25) is 0 Å². The summed E-state index contributed by atoms with van der Waals surface area (Å²) in [5.74, 6) is 0. The molecule has 0 saturated carbocycles. The van der Waals surface area contributed by atoms with Gasteiger partial charge in [-0.15, -0.1) is 0 Å². The number of rotatable bonds is 3. The monoisotopic (exact) mass is 313 g/mol. The quantitative estimate of drug-likeness (QED) is 0.843. The highest BCUT2D eigenvalue weighted by Crippen LogP contribution is 2.33. The van der Waals surface area contributed by atoms with E-state index in [1.807, 2.05) is 13.0 Å². The Balaban J connectivity index is 2.49. The van der Waals surface area contributed by atoms with Crippen LogP contribution in [0.3, 0.4) is 0 Å². The van der Waals surface area contributed by atoms with Crippen LogP contribution in [0.1, 0.15) is 28.3 Å². The highest BCUT2D eigenvalue weighted by Gasteiger charge is 2.31. The van der Waals surface area contributed by atoms with Crippen molar-refractivity contribution in [1.82, 2.24) is 5.32 Å². The lowest BCUT2D eigenvalue weighted by molar-refractivity contribution is -0.137. The first-order chi connectivity index (χ1) is 9.82. The zero-order valence-corrected chi connectivity index (χ0v) is 12.4. The Morgan fingerprint density at radius 2 is 1.81 bits per heavy atom. The molecule has 2 rings (SSSR count). The van der Waals surface area contributed by atoms with Crippen molar-refractivity contribution >= 4 is 11.6 Å². The van der Waals surface area contributed by atoms with E-state index in [1.54, 1.807) is 25.2 Å². The zero-order valence-electron chi connectivity index (χ0n) is 11.6. The molecule has 0 aliphatic rings. The standard InChI is InChI=1S/C16H15ClF3N/c1-10-6-7-13(17)9-14(10)15(21-2)11-4-3-5-12(8-11)16(18,19)20/h3-9,15,21H,1-2H3. The Bertz CT molecular complexity index is 638. The first kappa shape index (κ1) is 15.9. The van der Waals surface area contributed by atoms with E-state index in [4.69, 9.17) is 11.6 Å². The lowest BCUT2D eigenvalue weighted by Crippen LogP contribution is -2.19. The Labute approximate surface area is 126 Å². The molecule has 0 bridgehead atoms. The largest absolute Gasteiger partial charge is 0.416 e. The van der Waals surface area contributed by atoms with Gasteiger partial charge in [0.1, 0.15) is 0 Å². The number of alkyl halides is 3. The lowest BCUT2D eigenvalue weighted by atomic mass is 9.94. The molecule has 2 aromatic carbocycles. The highest BCUT2D eigenvalue weighted by molar-refractivity contribution is 6.30. The van der Waals surface area contributed by atoms with Gasteiger partial charge in [0.2, 0.25) is 0 Å². The van der Waals surface area contributed by atoms with Crippen LogP contribution in [0, 0.1) is 6.92 Å². The molecule has 21 heavy (non-hydrogen) atoms. The molecule has 5 heteroatoms. The minimum atomic E-state index is -4.35. The van der Waals surface area contributed by atoms with Crippen LogP contribution in [0.15, 0.2) is 42.5 Å². The van der Waals surface area contributed by atoms with E-state index in [1.165, 1.54) is 12.1 Å². The second-order valence-electron chi connectivity index (χ2n) is 4.85. The minimum absolute atomic E-state index is 0.342. The average Bonchev–Trinajstić information content (AvgIpc) is 2.43. The second kappa shape index (κ2) is 6.08. The molecule has 0 amide bonds. The maximum absolute atomic E-state index is 12.8. The summed E-state index contributed by atoms with van der Waals surface area (Å²) in [6.07, 6.45) is -4.35. The lowest BCUT2D eigenvalue weighted by Gasteiger charge is -2.21. The molecule has 0 aromatic heterocycles. The number of hydrogen-bond donors (Lipinski definition) is 1. The average molecular weight is 314 g/mol. The van der Waals surface area contributed by atoms with Gasteiger partial charge in [-0.25, -0.2) is 0 Å². The topological polar surface area (TPSA) is 12.0 Å². The molecule has 1 unspecified atom stereocenters. The SMILES string of the molecule is CNC(c1cccc(C(F)(F)F)c1)c1cc(Cl)ccc1C. The van der Waals surface area contributed by atoms with E-state index >= 15 is 0 Å². The number of hydrogen-bond acceptors (Lipinski definition) is 1. The Morgan fingerprint density at radius 1 is 1.10 bits per heavy atom. The summed E-state index contributed by atoms with van der Waals surface area (Å²) in [4.78, 5) is 0. The molecule has 0 heterocycles. The van der Waals surface area contributed by atoms with Crippen molar-refractivity contribution < 1.29 is 13.2 Å². The molecule has 0 spiro atoms. The van der Waals surface area contributed by atoms with E-state index in [0.29, 0.717) is 10.6 Å². The number of nitrogens with one attached hydrogen (secondary N) is 1. The summed E-state index contributed by atoms with van der Waals surface area (Å²) >= 11 is 6.00. The molecular weight excluding hydrogens is 299 g/mol. The fourth-order valence-corrected chi connectivity index (χ4v) is 2.50. The van der Waals surface area contributed by atoms with Crippen LogP contribution < -0.4 is 5.32 Å². The molecule has 0 aliphatic heterocycles. The fraction of sp³-hybridized carbons (Fsp3) is 0.250. The predicted molar refractivity (Wildman–Crippen MR) is 78.5 cm³/mol. The summed E-state index contributed by atoms with van der Waals surface area (Å²) in [6, 6.07) is 10.4. The van der Waals surface area contributed by atoms with E-state index in [9.17, 15) is 13.2 Å². The van der Waals surface area contributed by atoms with Crippen LogP contribution in [-0.4, -0.2) is 7.05 Å². The molecule has 1 atom stereocenters. The normalized spacial score (nSPS) is 13.2. The van der Waals surface area contributed by atoms with Gasteiger partial charge in [-0.2, -0.15) is 13.2 Å². The van der Waals surface area contributed by atoms with Crippen LogP contribution in [0.4, 0.5) is 13.2 Å². The van der Waals surface area contributed by atoms with Crippen molar-refractivity contribution in [3.63, 3.8) is 0 Å². The third-order valence-corrected chi connectivity index (χ3v) is 3.62. The Kier molecular flexibility index (Phi) is 4.59. The van der Waals surface area contributed by atoms with E-state index in [2.05, 4.69) is 5.32 Å². The van der Waals surface area contributed by atoms with Crippen molar-refractivity contribution in [1.29, 1.82) is 0 Å². The first-order valence-electron chi connectivity index (χ1n) is 6.43. The van der Waals surface area contributed by atoms with Gasteiger partial charge < -0.3 is 5.32 Å². The maximum Gasteiger partial charge on any atom is 0.416 e. The molecule has 0 radical (unpaired) electrons. The predicted octanol–water partition coefficient (Wildman–Crippen LogP) is 4.98. The summed E-state index contributed by atoms with van der Waals surface area (Å²) in [7, 11) is 1.71. The number of benzene rings is 2. The summed E-state index contributed by atoms with van der Waals surface area (Å²) < 4.78 is 38.5. The van der Waals surface area contributed by atoms with Crippen LogP contribution >= 0.6 is 11.6 Å². The van der Waals surface area contributed by atoms with Crippen molar-refractivity contribution in [2.24, 2.45) is 0 Å². The molecule has 0 aliphatic carbocycles. The van der Waals surface area contributed by atoms with Crippen molar-refractivity contribution in [3.8, 4) is 0 Å². The van der Waals surface area contributed by atoms with Crippen LogP contribution in [0.5, 0.6) is 0 Å². The van der Waals surface area contributed by atoms with Gasteiger partial charge >= 0.3 is 6.18 Å². The Morgan fingerprint density at radius 3 is 2.43 bits per heavy atom. The molecule has 0 saturated heterocycles. The summed E-state index contributed by atoms with van der Waals surface area (Å²) in [6.45, 7) is 1.91. The first-order valence-corrected chi connectivity index (χ1v) is 6.81. The van der Waals surface area contributed by atoms with E-state index < -0.39 is 11.7 Å². The van der Waals surface area contributed by atoms with E-state index in [-0.39, 0.29) is 6.04 Å². The van der Waals surface area contributed by atoms with Crippen molar-refractivity contribution in [3.05, 3.63) is 69.7 Å². The summed E-state index contributed by atoms with van der Waals surface area (Å²) in [5.41, 5.74) is 1.73. The summed E-state index contributed by atoms with van der Waals surface area (Å²) in [5, 5.41) is 3.61. The van der Waals surface area contributed by atoms with Crippen LogP contribution in [0.25, 0.3) is 0 Å². The van der Waals surface area contributed by atoms with Gasteiger partial charge in [0.05, 0.1) is 11.6 Å². The smallest absolute Gasteiger partial charge is 0.309 e.